The standard InChI is InChI=1S/C48H31N3/c1-2-14-32(15-3-1)35-16-4-9-21-42(35)51-46-25-13-8-20-39(46)41-30-33(27-29-47(41)51)50-45-24-12-7-19-38(45)40-28-26-34(31-48(40)50)49-43-22-10-5-17-36(43)37-18-6-11-23-44(37)49/h1-31H/i1D,2D,3D,4D,9D,14D,15D,16D,21D. The second-order valence-electron chi connectivity index (χ2n) is 12.7. The minimum atomic E-state index is -0.594. The van der Waals surface area contributed by atoms with Gasteiger partial charge in [0.2, 0.25) is 0 Å². The molecular formula is C48H31N3. The monoisotopic (exact) mass is 658 g/mol. The lowest BCUT2D eigenvalue weighted by molar-refractivity contribution is 1.15. The Bertz CT molecular complexity index is 3590. The van der Waals surface area contributed by atoms with Crippen molar-refractivity contribution in [2.24, 2.45) is 0 Å². The van der Waals surface area contributed by atoms with Gasteiger partial charge in [0.05, 0.1) is 51.1 Å². The van der Waals surface area contributed by atoms with Crippen LogP contribution >= 0.6 is 0 Å². The fraction of sp³-hybridized carbons (Fsp3) is 0. The van der Waals surface area contributed by atoms with E-state index in [2.05, 4.69) is 94.1 Å². The summed E-state index contributed by atoms with van der Waals surface area (Å²) in [5, 5.41) is 6.13. The molecule has 0 aliphatic rings. The molecule has 3 nitrogen and oxygen atoms in total. The maximum Gasteiger partial charge on any atom is 0.0645 e. The molecule has 0 saturated carbocycles. The molecule has 0 saturated heterocycles. The van der Waals surface area contributed by atoms with Crippen LogP contribution in [0.5, 0.6) is 0 Å². The van der Waals surface area contributed by atoms with Gasteiger partial charge in [-0.2, -0.15) is 0 Å². The smallest absolute Gasteiger partial charge is 0.0645 e. The molecule has 3 aromatic heterocycles. The van der Waals surface area contributed by atoms with Crippen molar-refractivity contribution in [1.29, 1.82) is 0 Å². The van der Waals surface area contributed by atoms with Gasteiger partial charge in [0.15, 0.2) is 0 Å². The quantitative estimate of drug-likeness (QED) is 0.179. The molecule has 0 atom stereocenters. The number of nitrogens with zero attached hydrogens (tertiary/aromatic N) is 3. The third kappa shape index (κ3) is 4.06. The van der Waals surface area contributed by atoms with E-state index in [0.29, 0.717) is 11.0 Å². The molecule has 0 unspecified atom stereocenters. The number of hydrogen-bond donors (Lipinski definition) is 0. The van der Waals surface area contributed by atoms with Crippen LogP contribution in [0, 0.1) is 0 Å². The van der Waals surface area contributed by atoms with Gasteiger partial charge in [-0.1, -0.05) is 127 Å². The molecular weight excluding hydrogens is 619 g/mol. The van der Waals surface area contributed by atoms with Crippen LogP contribution in [0.1, 0.15) is 12.3 Å². The maximum atomic E-state index is 9.29. The molecule has 0 spiro atoms. The van der Waals surface area contributed by atoms with Crippen molar-refractivity contribution in [2.75, 3.05) is 0 Å². The van der Waals surface area contributed by atoms with Crippen molar-refractivity contribution in [2.45, 2.75) is 0 Å². The van der Waals surface area contributed by atoms with E-state index in [1.165, 1.54) is 10.8 Å². The van der Waals surface area contributed by atoms with Crippen LogP contribution in [0.25, 0.3) is 93.6 Å². The zero-order chi connectivity index (χ0) is 41.3. The molecule has 11 rings (SSSR count). The predicted octanol–water partition coefficient (Wildman–Crippen LogP) is 12.6. The first-order valence-corrected chi connectivity index (χ1v) is 16.8. The van der Waals surface area contributed by atoms with E-state index in [1.54, 1.807) is 4.57 Å². The molecule has 8 aromatic carbocycles. The number of aromatic nitrogens is 3. The van der Waals surface area contributed by atoms with Gasteiger partial charge in [0.1, 0.15) is 0 Å². The zero-order valence-electron chi connectivity index (χ0n) is 36.0. The molecule has 0 fully saturated rings. The Balaban J connectivity index is 1.21. The van der Waals surface area contributed by atoms with Gasteiger partial charge in [0, 0.05) is 49.3 Å². The maximum absolute atomic E-state index is 9.29. The van der Waals surface area contributed by atoms with E-state index in [1.807, 2.05) is 48.5 Å². The van der Waals surface area contributed by atoms with Crippen LogP contribution in [0.2, 0.25) is 0 Å². The van der Waals surface area contributed by atoms with Crippen molar-refractivity contribution in [1.82, 2.24) is 13.7 Å². The van der Waals surface area contributed by atoms with Crippen molar-refractivity contribution >= 4 is 65.4 Å². The third-order valence-electron chi connectivity index (χ3n) is 10.1. The molecule has 11 aromatic rings. The van der Waals surface area contributed by atoms with E-state index in [4.69, 9.17) is 11.0 Å². The third-order valence-corrected chi connectivity index (χ3v) is 10.1. The summed E-state index contributed by atoms with van der Waals surface area (Å²) < 4.78 is 84.9. The topological polar surface area (TPSA) is 14.8 Å². The largest absolute Gasteiger partial charge is 0.309 e. The van der Waals surface area contributed by atoms with E-state index >= 15 is 0 Å². The average molecular weight is 659 g/mol. The predicted molar refractivity (Wildman–Crippen MR) is 215 cm³/mol. The summed E-state index contributed by atoms with van der Waals surface area (Å²) in [5.41, 5.74) is 6.87. The lowest BCUT2D eigenvalue weighted by atomic mass is 10.0. The summed E-state index contributed by atoms with van der Waals surface area (Å²) in [6, 6.07) is 40.5. The van der Waals surface area contributed by atoms with Crippen LogP contribution in [-0.2, 0) is 0 Å². The van der Waals surface area contributed by atoms with Gasteiger partial charge in [-0.05, 0) is 66.2 Å². The zero-order valence-corrected chi connectivity index (χ0v) is 27.0. The average Bonchev–Trinajstić information content (AvgIpc) is 3.91. The SMILES string of the molecule is [2H]c1c([2H])c([2H])c(-c2c([2H])c([2H])c([2H])c([2H])c2-n2c3ccccc3c3cc(-n4c5ccccc5c5ccc(-n6c7ccccc7c7ccccc76)cc54)ccc32)c([2H])c1[2H]. The van der Waals surface area contributed by atoms with Gasteiger partial charge in [-0.3, -0.25) is 0 Å². The lowest BCUT2D eigenvalue weighted by Gasteiger charge is -2.14. The van der Waals surface area contributed by atoms with Gasteiger partial charge in [0.25, 0.3) is 0 Å². The Morgan fingerprint density at radius 3 is 1.43 bits per heavy atom. The number of hydrogen-bond acceptors (Lipinski definition) is 0. The van der Waals surface area contributed by atoms with Crippen LogP contribution < -0.4 is 0 Å². The molecule has 0 N–H and O–H groups in total. The molecule has 0 aliphatic heterocycles. The van der Waals surface area contributed by atoms with Gasteiger partial charge in [-0.25, -0.2) is 0 Å². The highest BCUT2D eigenvalue weighted by atomic mass is 15.0. The van der Waals surface area contributed by atoms with Crippen molar-refractivity contribution in [3.05, 3.63) is 188 Å². The normalized spacial score (nSPS) is 14.4. The molecule has 3 heterocycles. The fourth-order valence-corrected chi connectivity index (χ4v) is 7.95. The van der Waals surface area contributed by atoms with Gasteiger partial charge < -0.3 is 13.7 Å². The van der Waals surface area contributed by atoms with E-state index in [-0.39, 0.29) is 16.8 Å². The van der Waals surface area contributed by atoms with Crippen LogP contribution in [-0.4, -0.2) is 13.7 Å². The first-order valence-electron chi connectivity index (χ1n) is 21.3. The summed E-state index contributed by atoms with van der Waals surface area (Å²) in [4.78, 5) is 0. The van der Waals surface area contributed by atoms with Crippen molar-refractivity contribution < 1.29 is 12.3 Å². The van der Waals surface area contributed by atoms with Gasteiger partial charge >= 0.3 is 0 Å². The Hall–Kier alpha value is -6.84. The summed E-state index contributed by atoms with van der Waals surface area (Å²) in [5.74, 6) is 0. The van der Waals surface area contributed by atoms with E-state index in [9.17, 15) is 1.37 Å². The highest BCUT2D eigenvalue weighted by molar-refractivity contribution is 6.14. The molecule has 51 heavy (non-hydrogen) atoms. The molecule has 0 aliphatic carbocycles. The lowest BCUT2D eigenvalue weighted by Crippen LogP contribution is -1.98. The summed E-state index contributed by atoms with van der Waals surface area (Å²) in [6.07, 6.45) is 0. The fourth-order valence-electron chi connectivity index (χ4n) is 7.95. The molecule has 238 valence electrons. The molecule has 0 radical (unpaired) electrons. The minimum Gasteiger partial charge on any atom is -0.309 e. The van der Waals surface area contributed by atoms with E-state index < -0.39 is 54.4 Å². The van der Waals surface area contributed by atoms with Gasteiger partial charge in [-0.15, -0.1) is 0 Å². The first-order chi connectivity index (χ1) is 29.1. The van der Waals surface area contributed by atoms with E-state index in [0.717, 1.165) is 55.0 Å². The first kappa shape index (κ1) is 20.6. The van der Waals surface area contributed by atoms with Crippen LogP contribution in [0.15, 0.2) is 188 Å². The highest BCUT2D eigenvalue weighted by Gasteiger charge is 2.19. The second-order valence-corrected chi connectivity index (χ2v) is 12.7. The minimum absolute atomic E-state index is 0.00818. The molecule has 0 amide bonds. The second kappa shape index (κ2) is 10.8. The Labute approximate surface area is 307 Å². The molecule has 0 bridgehead atoms. The van der Waals surface area contributed by atoms with Crippen LogP contribution in [0.4, 0.5) is 0 Å². The summed E-state index contributed by atoms with van der Waals surface area (Å²) in [7, 11) is 0. The van der Waals surface area contributed by atoms with Crippen molar-refractivity contribution in [3.63, 3.8) is 0 Å². The Morgan fingerprint density at radius 2 is 0.784 bits per heavy atom. The Morgan fingerprint density at radius 1 is 0.333 bits per heavy atom. The summed E-state index contributed by atoms with van der Waals surface area (Å²) >= 11 is 0. The number of fused-ring (bicyclic) bond motifs is 9. The highest BCUT2D eigenvalue weighted by Crippen LogP contribution is 2.40. The number of rotatable bonds is 4. The number of benzene rings is 8. The molecule has 3 heteroatoms. The Kier molecular flexibility index (Phi) is 4.38. The van der Waals surface area contributed by atoms with Crippen molar-refractivity contribution in [3.8, 4) is 28.2 Å². The summed E-state index contributed by atoms with van der Waals surface area (Å²) in [6.45, 7) is 0. The number of para-hydroxylation sites is 5. The van der Waals surface area contributed by atoms with Crippen LogP contribution in [0.3, 0.4) is 0 Å².